The van der Waals surface area contributed by atoms with E-state index in [1.807, 2.05) is 27.2 Å². The van der Waals surface area contributed by atoms with Crippen LogP contribution in [0.3, 0.4) is 0 Å². The Morgan fingerprint density at radius 1 is 0.784 bits per heavy atom. The number of nitrogens with one attached hydrogen (secondary N) is 1. The van der Waals surface area contributed by atoms with E-state index in [1.165, 1.54) is 12.2 Å². The van der Waals surface area contributed by atoms with Gasteiger partial charge in [-0.3, -0.25) is 19.3 Å². The largest absolute Gasteiger partial charge is 0.381 e. The lowest BCUT2D eigenvalue weighted by molar-refractivity contribution is -0.137. The van der Waals surface area contributed by atoms with Crippen LogP contribution in [0.1, 0.15) is 53.4 Å². The normalized spacial score (nSPS) is 12.2. The van der Waals surface area contributed by atoms with Crippen LogP contribution < -0.4 is 5.32 Å². The number of imide groups is 1. The van der Waals surface area contributed by atoms with Crippen molar-refractivity contribution in [2.24, 2.45) is 17.8 Å². The number of nitrogens with zero attached hydrogens (tertiary/aromatic N) is 1. The molecule has 0 aromatic carbocycles. The first-order valence-corrected chi connectivity index (χ1v) is 11.9. The quantitative estimate of drug-likeness (QED) is 0.232. The molecule has 0 radical (unpaired) electrons. The Labute approximate surface area is 221 Å². The fraction of sp³-hybridized carbons (Fsp3) is 0.654. The maximum absolute atomic E-state index is 12.1. The number of carbonyl (C=O) groups excluding carboxylic acids is 7. The molecule has 1 rings (SSSR count). The van der Waals surface area contributed by atoms with Gasteiger partial charge in [0.2, 0.25) is 5.91 Å². The lowest BCUT2D eigenvalue weighted by atomic mass is 10.1. The van der Waals surface area contributed by atoms with E-state index in [2.05, 4.69) is 33.0 Å². The molecule has 0 bridgehead atoms. The van der Waals surface area contributed by atoms with Crippen molar-refractivity contribution in [3.8, 4) is 0 Å². The van der Waals surface area contributed by atoms with Crippen molar-refractivity contribution >= 4 is 44.9 Å². The minimum absolute atomic E-state index is 0.102. The van der Waals surface area contributed by atoms with E-state index in [1.54, 1.807) is 0 Å². The highest BCUT2D eigenvalue weighted by Gasteiger charge is 2.23. The van der Waals surface area contributed by atoms with Crippen LogP contribution in [-0.4, -0.2) is 89.3 Å². The van der Waals surface area contributed by atoms with Crippen LogP contribution in [0.25, 0.3) is 0 Å². The minimum atomic E-state index is -0.363. The highest BCUT2D eigenvalue weighted by atomic mass is 16.5. The van der Waals surface area contributed by atoms with Gasteiger partial charge in [-0.25, -0.2) is 0 Å². The molecule has 1 N–H and O–H groups in total. The molecule has 0 saturated heterocycles. The van der Waals surface area contributed by atoms with Crippen molar-refractivity contribution in [2.45, 2.75) is 53.4 Å². The molecule has 0 aromatic rings. The first-order chi connectivity index (χ1) is 17.8. The van der Waals surface area contributed by atoms with Gasteiger partial charge in [-0.2, -0.15) is 0 Å². The zero-order valence-corrected chi connectivity index (χ0v) is 22.9. The summed E-state index contributed by atoms with van der Waals surface area (Å²) in [5.41, 5.74) is 0. The molecule has 1 aliphatic rings. The van der Waals surface area contributed by atoms with Gasteiger partial charge in [0, 0.05) is 57.4 Å². The summed E-state index contributed by atoms with van der Waals surface area (Å²) in [5.74, 6) is 0.481. The molecule has 1 atom stereocenters. The Hall–Kier alpha value is -3.05. The van der Waals surface area contributed by atoms with Gasteiger partial charge in [0.05, 0.1) is 6.61 Å². The Morgan fingerprint density at radius 3 is 1.68 bits per heavy atom. The van der Waals surface area contributed by atoms with E-state index in [9.17, 15) is 14.4 Å². The summed E-state index contributed by atoms with van der Waals surface area (Å²) in [6.45, 7) is 19.9. The van der Waals surface area contributed by atoms with Crippen LogP contribution in [0.15, 0.2) is 12.2 Å². The highest BCUT2D eigenvalue weighted by Crippen LogP contribution is 2.08. The van der Waals surface area contributed by atoms with Gasteiger partial charge in [-0.15, -0.1) is 0 Å². The summed E-state index contributed by atoms with van der Waals surface area (Å²) < 4.78 is 11.5. The first kappa shape index (κ1) is 41.1. The summed E-state index contributed by atoms with van der Waals surface area (Å²) in [5, 5.41) is 2.90. The van der Waals surface area contributed by atoms with E-state index in [-0.39, 0.29) is 36.6 Å². The van der Waals surface area contributed by atoms with Gasteiger partial charge in [0.25, 0.3) is 11.8 Å². The molecule has 0 fully saturated rings. The number of hydrogen-bond acceptors (Lipinski definition) is 9. The van der Waals surface area contributed by atoms with E-state index in [0.29, 0.717) is 38.2 Å². The van der Waals surface area contributed by atoms with Crippen molar-refractivity contribution in [3.63, 3.8) is 0 Å². The van der Waals surface area contributed by atoms with Gasteiger partial charge in [0.15, 0.2) is 0 Å². The SMILES string of the molecule is C=O.C=O.C=O.C=O.CC(C)CCOCCC(CNC(=O)CCN1C(=O)C=CC1=O)COCCC(C)C. The lowest BCUT2D eigenvalue weighted by Gasteiger charge is -2.19. The second-order valence-corrected chi connectivity index (χ2v) is 8.42. The van der Waals surface area contributed by atoms with Crippen molar-refractivity contribution < 1.29 is 43.0 Å². The monoisotopic (exact) mass is 530 g/mol. The van der Waals surface area contributed by atoms with Crippen LogP contribution in [0.5, 0.6) is 0 Å². The number of carbonyl (C=O) groups is 7. The van der Waals surface area contributed by atoms with E-state index < -0.39 is 0 Å². The van der Waals surface area contributed by atoms with Gasteiger partial charge in [-0.05, 0) is 31.1 Å². The predicted molar refractivity (Wildman–Crippen MR) is 141 cm³/mol. The molecule has 3 amide bonds. The maximum atomic E-state index is 12.1. The summed E-state index contributed by atoms with van der Waals surface area (Å²) in [6.07, 6.45) is 5.41. The fourth-order valence-corrected chi connectivity index (χ4v) is 2.70. The molecule has 1 heterocycles. The summed E-state index contributed by atoms with van der Waals surface area (Å²) in [7, 11) is 0. The Bertz CT molecular complexity index is 587. The summed E-state index contributed by atoms with van der Waals surface area (Å²) >= 11 is 0. The third kappa shape index (κ3) is 25.8. The highest BCUT2D eigenvalue weighted by molar-refractivity contribution is 6.13. The molecule has 0 saturated carbocycles. The molecule has 0 aliphatic carbocycles. The Morgan fingerprint density at radius 2 is 1.22 bits per heavy atom. The van der Waals surface area contributed by atoms with Gasteiger partial charge in [0.1, 0.15) is 27.2 Å². The zero-order valence-electron chi connectivity index (χ0n) is 22.9. The van der Waals surface area contributed by atoms with Crippen LogP contribution in [0, 0.1) is 17.8 Å². The molecule has 0 aromatic heterocycles. The Balaban J connectivity index is -0.000000617. The average molecular weight is 531 g/mol. The maximum Gasteiger partial charge on any atom is 0.253 e. The summed E-state index contributed by atoms with van der Waals surface area (Å²) in [4.78, 5) is 68.3. The molecule has 0 spiro atoms. The molecule has 37 heavy (non-hydrogen) atoms. The van der Waals surface area contributed by atoms with Gasteiger partial charge >= 0.3 is 0 Å². The second-order valence-electron chi connectivity index (χ2n) is 8.42. The van der Waals surface area contributed by atoms with Crippen LogP contribution in [0.4, 0.5) is 0 Å². The molecule has 1 unspecified atom stereocenters. The van der Waals surface area contributed by atoms with Gasteiger partial charge in [-0.1, -0.05) is 27.7 Å². The number of ether oxygens (including phenoxy) is 2. The van der Waals surface area contributed by atoms with Crippen LogP contribution >= 0.6 is 0 Å². The predicted octanol–water partition coefficient (Wildman–Crippen LogP) is 1.81. The van der Waals surface area contributed by atoms with Crippen molar-refractivity contribution in [1.82, 2.24) is 10.2 Å². The van der Waals surface area contributed by atoms with E-state index >= 15 is 0 Å². The molecule has 214 valence electrons. The molecular formula is C26H46N2O9. The standard InChI is InChI=1S/C22H38N2O5.4CH2O/c1-17(2)8-12-28-14-10-19(16-29-13-9-18(3)4)15-23-20(25)7-11-24-21(26)5-6-22(24)27;4*1-2/h5-6,17-19H,7-16H2,1-4H3,(H,23,25);4*1H2. The van der Waals surface area contributed by atoms with Crippen LogP contribution in [0.2, 0.25) is 0 Å². The van der Waals surface area contributed by atoms with E-state index in [0.717, 1.165) is 30.8 Å². The Kier molecular flexibility index (Phi) is 34.4. The number of hydrogen-bond donors (Lipinski definition) is 1. The van der Waals surface area contributed by atoms with Crippen molar-refractivity contribution in [1.29, 1.82) is 0 Å². The molecule has 11 heteroatoms. The topological polar surface area (TPSA) is 153 Å². The van der Waals surface area contributed by atoms with Crippen molar-refractivity contribution in [2.75, 3.05) is 39.5 Å². The fourth-order valence-electron chi connectivity index (χ4n) is 2.70. The number of amides is 3. The summed E-state index contributed by atoms with van der Waals surface area (Å²) in [6, 6.07) is 0. The van der Waals surface area contributed by atoms with Crippen molar-refractivity contribution in [3.05, 3.63) is 12.2 Å². The molecule has 1 aliphatic heterocycles. The van der Waals surface area contributed by atoms with Crippen LogP contribution in [-0.2, 0) is 43.0 Å². The van der Waals surface area contributed by atoms with Gasteiger partial charge < -0.3 is 34.0 Å². The third-order valence-corrected chi connectivity index (χ3v) is 4.75. The minimum Gasteiger partial charge on any atom is -0.381 e. The molecular weight excluding hydrogens is 484 g/mol. The van der Waals surface area contributed by atoms with E-state index in [4.69, 9.17) is 28.7 Å². The third-order valence-electron chi connectivity index (χ3n) is 4.75. The smallest absolute Gasteiger partial charge is 0.253 e. The molecule has 11 nitrogen and oxygen atoms in total. The number of rotatable bonds is 16. The average Bonchev–Trinajstić information content (AvgIpc) is 3.24. The zero-order chi connectivity index (χ0) is 29.6. The lowest BCUT2D eigenvalue weighted by Crippen LogP contribution is -2.37. The second kappa shape index (κ2) is 31.0. The first-order valence-electron chi connectivity index (χ1n) is 11.9.